The zero-order chi connectivity index (χ0) is 18.0. The first-order chi connectivity index (χ1) is 11.9. The van der Waals surface area contributed by atoms with Crippen molar-refractivity contribution < 1.29 is 4.79 Å². The number of anilines is 1. The van der Waals surface area contributed by atoms with Crippen molar-refractivity contribution in [1.82, 2.24) is 15.3 Å². The van der Waals surface area contributed by atoms with Crippen LogP contribution in [0.25, 0.3) is 0 Å². The Balaban J connectivity index is 1.64. The highest BCUT2D eigenvalue weighted by Gasteiger charge is 2.25. The van der Waals surface area contributed by atoms with E-state index < -0.39 is 17.2 Å². The maximum absolute atomic E-state index is 12.3. The monoisotopic (exact) mass is 342 g/mol. The first-order valence-electron chi connectivity index (χ1n) is 8.43. The molecule has 7 nitrogen and oxygen atoms in total. The largest absolute Gasteiger partial charge is 0.392 e. The van der Waals surface area contributed by atoms with E-state index in [1.165, 1.54) is 11.1 Å². The highest BCUT2D eigenvalue weighted by Crippen LogP contribution is 2.33. The maximum Gasteiger partial charge on any atom is 0.326 e. The SMILES string of the molecule is Cc1cccc([C@H]2CC[C@@H](NC(=O)c3[nH]c(=O)[nH]c(=O)c3N)CC2)c1. The molecule has 0 saturated heterocycles. The number of rotatable bonds is 3. The molecular weight excluding hydrogens is 320 g/mol. The number of H-pyrrole nitrogens is 2. The van der Waals surface area contributed by atoms with Crippen molar-refractivity contribution >= 4 is 11.6 Å². The molecular formula is C18H22N4O3. The number of aryl methyl sites for hydroxylation is 1. The fourth-order valence-corrected chi connectivity index (χ4v) is 3.43. The van der Waals surface area contributed by atoms with Crippen molar-refractivity contribution in [3.63, 3.8) is 0 Å². The van der Waals surface area contributed by atoms with Gasteiger partial charge in [0.1, 0.15) is 11.4 Å². The lowest BCUT2D eigenvalue weighted by Gasteiger charge is -2.29. The normalized spacial score (nSPS) is 20.2. The molecule has 132 valence electrons. The average Bonchev–Trinajstić information content (AvgIpc) is 2.58. The highest BCUT2D eigenvalue weighted by molar-refractivity contribution is 5.96. The second-order valence-corrected chi connectivity index (χ2v) is 6.63. The molecule has 1 aromatic carbocycles. The van der Waals surface area contributed by atoms with E-state index in [1.54, 1.807) is 0 Å². The molecule has 1 fully saturated rings. The summed E-state index contributed by atoms with van der Waals surface area (Å²) in [5.74, 6) is -0.0165. The van der Waals surface area contributed by atoms with Gasteiger partial charge in [-0.25, -0.2) is 4.79 Å². The number of benzene rings is 1. The van der Waals surface area contributed by atoms with E-state index in [9.17, 15) is 14.4 Å². The Kier molecular flexibility index (Phi) is 4.74. The van der Waals surface area contributed by atoms with Crippen molar-refractivity contribution in [2.45, 2.75) is 44.6 Å². The Hall–Kier alpha value is -2.83. The fourth-order valence-electron chi connectivity index (χ4n) is 3.43. The van der Waals surface area contributed by atoms with E-state index in [0.29, 0.717) is 5.92 Å². The minimum absolute atomic E-state index is 0.00995. The van der Waals surface area contributed by atoms with Gasteiger partial charge in [0.05, 0.1) is 0 Å². The molecule has 0 unspecified atom stereocenters. The summed E-state index contributed by atoms with van der Waals surface area (Å²) in [5.41, 5.74) is 6.25. The van der Waals surface area contributed by atoms with Crippen LogP contribution >= 0.6 is 0 Å². The molecule has 1 aliphatic carbocycles. The van der Waals surface area contributed by atoms with Crippen LogP contribution in [0.3, 0.4) is 0 Å². The number of aromatic amines is 2. The van der Waals surface area contributed by atoms with Crippen LogP contribution in [0.1, 0.15) is 53.2 Å². The quantitative estimate of drug-likeness (QED) is 0.674. The van der Waals surface area contributed by atoms with E-state index >= 15 is 0 Å². The molecule has 1 heterocycles. The third-order valence-electron chi connectivity index (χ3n) is 4.78. The summed E-state index contributed by atoms with van der Waals surface area (Å²) in [7, 11) is 0. The van der Waals surface area contributed by atoms with E-state index in [4.69, 9.17) is 5.73 Å². The molecule has 7 heteroatoms. The summed E-state index contributed by atoms with van der Waals surface area (Å²) in [5, 5.41) is 2.87. The minimum atomic E-state index is -0.753. The number of carbonyl (C=O) groups is 1. The van der Waals surface area contributed by atoms with Gasteiger partial charge in [0.2, 0.25) is 0 Å². The predicted octanol–water partition coefficient (Wildman–Crippen LogP) is 1.41. The molecule has 0 radical (unpaired) electrons. The lowest BCUT2D eigenvalue weighted by molar-refractivity contribution is 0.0921. The first-order valence-corrected chi connectivity index (χ1v) is 8.43. The number of hydrogen-bond donors (Lipinski definition) is 4. The van der Waals surface area contributed by atoms with Gasteiger partial charge < -0.3 is 16.0 Å². The summed E-state index contributed by atoms with van der Waals surface area (Å²) in [4.78, 5) is 39.5. The van der Waals surface area contributed by atoms with Gasteiger partial charge in [-0.05, 0) is 44.1 Å². The Morgan fingerprint density at radius 2 is 1.88 bits per heavy atom. The van der Waals surface area contributed by atoms with E-state index in [0.717, 1.165) is 25.7 Å². The van der Waals surface area contributed by atoms with Crippen LogP contribution in [-0.2, 0) is 0 Å². The molecule has 25 heavy (non-hydrogen) atoms. The molecule has 1 aromatic heterocycles. The van der Waals surface area contributed by atoms with E-state index in [2.05, 4.69) is 41.5 Å². The Morgan fingerprint density at radius 1 is 1.16 bits per heavy atom. The zero-order valence-electron chi connectivity index (χ0n) is 14.1. The van der Waals surface area contributed by atoms with Crippen molar-refractivity contribution in [3.05, 3.63) is 61.9 Å². The van der Waals surface area contributed by atoms with Gasteiger partial charge in [0.15, 0.2) is 0 Å². The summed E-state index contributed by atoms with van der Waals surface area (Å²) in [6.45, 7) is 2.09. The Morgan fingerprint density at radius 3 is 2.56 bits per heavy atom. The molecule has 1 amide bonds. The molecule has 0 spiro atoms. The smallest absolute Gasteiger partial charge is 0.326 e. The minimum Gasteiger partial charge on any atom is -0.392 e. The number of nitrogen functional groups attached to an aromatic ring is 1. The zero-order valence-corrected chi connectivity index (χ0v) is 14.1. The summed E-state index contributed by atoms with van der Waals surface area (Å²) < 4.78 is 0. The second kappa shape index (κ2) is 6.96. The highest BCUT2D eigenvalue weighted by atomic mass is 16.2. The molecule has 2 aromatic rings. The molecule has 0 atom stereocenters. The second-order valence-electron chi connectivity index (χ2n) is 6.63. The van der Waals surface area contributed by atoms with Gasteiger partial charge in [-0.15, -0.1) is 0 Å². The van der Waals surface area contributed by atoms with Gasteiger partial charge in [-0.1, -0.05) is 29.8 Å². The van der Waals surface area contributed by atoms with Crippen LogP contribution < -0.4 is 22.3 Å². The molecule has 5 N–H and O–H groups in total. The van der Waals surface area contributed by atoms with Crippen LogP contribution in [0.5, 0.6) is 0 Å². The van der Waals surface area contributed by atoms with E-state index in [1.807, 2.05) is 4.98 Å². The van der Waals surface area contributed by atoms with Crippen LogP contribution in [0.2, 0.25) is 0 Å². The number of hydrogen-bond acceptors (Lipinski definition) is 4. The van der Waals surface area contributed by atoms with Gasteiger partial charge in [-0.2, -0.15) is 0 Å². The van der Waals surface area contributed by atoms with Gasteiger partial charge in [0.25, 0.3) is 11.5 Å². The van der Waals surface area contributed by atoms with Crippen molar-refractivity contribution in [3.8, 4) is 0 Å². The number of carbonyl (C=O) groups excluding carboxylic acids is 1. The summed E-state index contributed by atoms with van der Waals surface area (Å²) in [6, 6.07) is 8.53. The first kappa shape index (κ1) is 17.0. The number of aromatic nitrogens is 2. The van der Waals surface area contributed by atoms with Crippen molar-refractivity contribution in [2.24, 2.45) is 0 Å². The van der Waals surface area contributed by atoms with Gasteiger partial charge in [-0.3, -0.25) is 14.6 Å². The lowest BCUT2D eigenvalue weighted by atomic mass is 9.81. The fraction of sp³-hybridized carbons (Fsp3) is 0.389. The molecule has 1 saturated carbocycles. The van der Waals surface area contributed by atoms with Crippen LogP contribution in [-0.4, -0.2) is 21.9 Å². The predicted molar refractivity (Wildman–Crippen MR) is 95.7 cm³/mol. The Bertz CT molecular complexity index is 892. The van der Waals surface area contributed by atoms with Gasteiger partial charge in [0, 0.05) is 6.04 Å². The summed E-state index contributed by atoms with van der Waals surface area (Å²) >= 11 is 0. The maximum atomic E-state index is 12.3. The topological polar surface area (TPSA) is 121 Å². The number of nitrogens with two attached hydrogens (primary N) is 1. The third-order valence-corrected chi connectivity index (χ3v) is 4.78. The standard InChI is InChI=1S/C18H22N4O3/c1-10-3-2-4-12(9-10)11-5-7-13(8-6-11)20-17(24)15-14(19)16(23)22-18(25)21-15/h2-4,9,11,13H,5-8,19H2,1H3,(H,20,24)(H2,21,22,23,25)/t11-,13+. The third kappa shape index (κ3) is 3.81. The number of amides is 1. The Labute approximate surface area is 144 Å². The molecule has 0 aliphatic heterocycles. The molecule has 3 rings (SSSR count). The van der Waals surface area contributed by atoms with E-state index in [-0.39, 0.29) is 17.4 Å². The van der Waals surface area contributed by atoms with Crippen LogP contribution in [0.15, 0.2) is 33.9 Å². The number of nitrogens with one attached hydrogen (secondary N) is 3. The van der Waals surface area contributed by atoms with Crippen LogP contribution in [0.4, 0.5) is 5.69 Å². The lowest BCUT2D eigenvalue weighted by Crippen LogP contribution is -2.40. The van der Waals surface area contributed by atoms with Gasteiger partial charge >= 0.3 is 5.69 Å². The molecule has 1 aliphatic rings. The molecule has 0 bridgehead atoms. The van der Waals surface area contributed by atoms with Crippen LogP contribution in [0, 0.1) is 6.92 Å². The van der Waals surface area contributed by atoms with Crippen molar-refractivity contribution in [1.29, 1.82) is 0 Å². The summed E-state index contributed by atoms with van der Waals surface area (Å²) in [6.07, 6.45) is 3.65. The van der Waals surface area contributed by atoms with Crippen molar-refractivity contribution in [2.75, 3.05) is 5.73 Å². The average molecular weight is 342 g/mol.